The molecule has 0 bridgehead atoms. The molecular weight excluding hydrogens is 390 g/mol. The summed E-state index contributed by atoms with van der Waals surface area (Å²) in [4.78, 5) is 22.2. The Morgan fingerprint density at radius 2 is 1.69 bits per heavy atom. The van der Waals surface area contributed by atoms with Gasteiger partial charge in [-0.3, -0.25) is 4.79 Å². The number of amides is 1. The predicted octanol–water partition coefficient (Wildman–Crippen LogP) is 5.26. The summed E-state index contributed by atoms with van der Waals surface area (Å²) in [5.41, 5.74) is 4.96. The number of carbonyl (C=O) groups excluding carboxylic acids is 1. The Kier molecular flexibility index (Phi) is 6.23. The Labute approximate surface area is 175 Å². The predicted molar refractivity (Wildman–Crippen MR) is 115 cm³/mol. The van der Waals surface area contributed by atoms with Crippen LogP contribution in [0.1, 0.15) is 40.5 Å². The van der Waals surface area contributed by atoms with Crippen LogP contribution in [0.5, 0.6) is 11.6 Å². The smallest absolute Gasteiger partial charge is 0.280 e. The largest absolute Gasteiger partial charge is 0.495 e. The van der Waals surface area contributed by atoms with Gasteiger partial charge < -0.3 is 14.8 Å². The molecule has 0 saturated carbocycles. The topological polar surface area (TPSA) is 73.3 Å². The highest BCUT2D eigenvalue weighted by Gasteiger charge is 2.20. The van der Waals surface area contributed by atoms with E-state index >= 15 is 0 Å². The lowest BCUT2D eigenvalue weighted by Crippen LogP contribution is -2.17. The first kappa shape index (κ1) is 20.9. The first-order valence-electron chi connectivity index (χ1n) is 9.41. The van der Waals surface area contributed by atoms with Gasteiger partial charge in [-0.2, -0.15) is 0 Å². The number of benzene rings is 2. The highest BCUT2D eigenvalue weighted by molar-refractivity contribution is 6.31. The molecule has 3 aromatic rings. The molecule has 0 aliphatic heterocycles. The number of hydrogen-bond acceptors (Lipinski definition) is 5. The fourth-order valence-electron chi connectivity index (χ4n) is 2.85. The Balaban J connectivity index is 2.06. The lowest BCUT2D eigenvalue weighted by atomic mass is 10.1. The molecule has 0 aliphatic rings. The van der Waals surface area contributed by atoms with Crippen LogP contribution in [0, 0.1) is 20.8 Å². The maximum absolute atomic E-state index is 13.1. The van der Waals surface area contributed by atoms with Gasteiger partial charge in [0.1, 0.15) is 5.75 Å². The van der Waals surface area contributed by atoms with E-state index in [1.807, 2.05) is 39.8 Å². The highest BCUT2D eigenvalue weighted by atomic mass is 35.5. The standard InChI is InChI=1S/C22H24ClN3O3/c1-6-7-29-22-20(24-16-8-12(2)13(3)9-17(16)26-22)21(27)25-18-10-14(4)15(23)11-19(18)28-5/h8-11H,6-7H2,1-5H3,(H,25,27). The van der Waals surface area contributed by atoms with E-state index in [-0.39, 0.29) is 11.6 Å². The normalized spacial score (nSPS) is 10.8. The second kappa shape index (κ2) is 8.66. The number of aromatic nitrogens is 2. The number of hydrogen-bond donors (Lipinski definition) is 1. The van der Waals surface area contributed by atoms with Gasteiger partial charge >= 0.3 is 0 Å². The van der Waals surface area contributed by atoms with E-state index in [1.165, 1.54) is 7.11 Å². The molecule has 0 unspecified atom stereocenters. The summed E-state index contributed by atoms with van der Waals surface area (Å²) in [6.07, 6.45) is 0.790. The Bertz CT molecular complexity index is 1080. The molecule has 152 valence electrons. The van der Waals surface area contributed by atoms with Gasteiger partial charge in [0.05, 0.1) is 30.4 Å². The lowest BCUT2D eigenvalue weighted by Gasteiger charge is -2.14. The van der Waals surface area contributed by atoms with Crippen molar-refractivity contribution in [1.29, 1.82) is 0 Å². The molecule has 3 rings (SSSR count). The van der Waals surface area contributed by atoms with Crippen LogP contribution in [0.3, 0.4) is 0 Å². The Morgan fingerprint density at radius 3 is 2.31 bits per heavy atom. The number of anilines is 1. The van der Waals surface area contributed by atoms with E-state index in [4.69, 9.17) is 21.1 Å². The second-order valence-electron chi connectivity index (χ2n) is 6.91. The molecule has 0 fully saturated rings. The molecule has 2 aromatic carbocycles. The van der Waals surface area contributed by atoms with Gasteiger partial charge in [0.2, 0.25) is 5.88 Å². The molecule has 29 heavy (non-hydrogen) atoms. The minimum Gasteiger partial charge on any atom is -0.495 e. The third-order valence-corrected chi connectivity index (χ3v) is 5.04. The van der Waals surface area contributed by atoms with Crippen molar-refractivity contribution in [3.63, 3.8) is 0 Å². The van der Waals surface area contributed by atoms with Crippen molar-refractivity contribution in [1.82, 2.24) is 9.97 Å². The lowest BCUT2D eigenvalue weighted by molar-refractivity contribution is 0.101. The van der Waals surface area contributed by atoms with Crippen LogP contribution < -0.4 is 14.8 Å². The molecule has 1 heterocycles. The summed E-state index contributed by atoms with van der Waals surface area (Å²) in [5.74, 6) is 0.249. The molecule has 0 radical (unpaired) electrons. The molecule has 0 saturated heterocycles. The summed E-state index contributed by atoms with van der Waals surface area (Å²) in [6.45, 7) is 8.30. The number of rotatable bonds is 6. The maximum Gasteiger partial charge on any atom is 0.280 e. The maximum atomic E-state index is 13.1. The van der Waals surface area contributed by atoms with Gasteiger partial charge in [-0.05, 0) is 62.1 Å². The molecular formula is C22H24ClN3O3. The molecule has 7 heteroatoms. The van der Waals surface area contributed by atoms with Gasteiger partial charge in [-0.1, -0.05) is 18.5 Å². The van der Waals surface area contributed by atoms with Crippen molar-refractivity contribution in [3.05, 3.63) is 51.7 Å². The fraction of sp³-hybridized carbons (Fsp3) is 0.318. The number of ether oxygens (including phenoxy) is 2. The molecule has 6 nitrogen and oxygen atoms in total. The van der Waals surface area contributed by atoms with Crippen LogP contribution in [0.4, 0.5) is 5.69 Å². The van der Waals surface area contributed by atoms with Gasteiger partial charge in [-0.25, -0.2) is 9.97 Å². The minimum atomic E-state index is -0.427. The van der Waals surface area contributed by atoms with Crippen LogP contribution in [0.15, 0.2) is 24.3 Å². The zero-order valence-electron chi connectivity index (χ0n) is 17.2. The van der Waals surface area contributed by atoms with E-state index in [1.54, 1.807) is 12.1 Å². The number of nitrogens with zero attached hydrogens (tertiary/aromatic N) is 2. The molecule has 1 aromatic heterocycles. The monoisotopic (exact) mass is 413 g/mol. The van der Waals surface area contributed by atoms with Crippen LogP contribution >= 0.6 is 11.6 Å². The van der Waals surface area contributed by atoms with E-state index in [9.17, 15) is 4.79 Å². The van der Waals surface area contributed by atoms with Crippen LogP contribution in [-0.2, 0) is 0 Å². The number of nitrogens with one attached hydrogen (secondary N) is 1. The Hall–Kier alpha value is -2.86. The summed E-state index contributed by atoms with van der Waals surface area (Å²) in [5, 5.41) is 3.41. The highest BCUT2D eigenvalue weighted by Crippen LogP contribution is 2.32. The number of carbonyl (C=O) groups is 1. The van der Waals surface area contributed by atoms with E-state index in [2.05, 4.69) is 15.3 Å². The van der Waals surface area contributed by atoms with Gasteiger partial charge in [0, 0.05) is 11.1 Å². The average Bonchev–Trinajstić information content (AvgIpc) is 2.69. The summed E-state index contributed by atoms with van der Waals surface area (Å²) in [6, 6.07) is 7.29. The van der Waals surface area contributed by atoms with Crippen molar-refractivity contribution < 1.29 is 14.3 Å². The van der Waals surface area contributed by atoms with Crippen molar-refractivity contribution >= 4 is 34.2 Å². The van der Waals surface area contributed by atoms with Crippen molar-refractivity contribution in [3.8, 4) is 11.6 Å². The van der Waals surface area contributed by atoms with Gasteiger partial charge in [0.15, 0.2) is 5.69 Å². The van der Waals surface area contributed by atoms with Crippen molar-refractivity contribution in [2.24, 2.45) is 0 Å². The van der Waals surface area contributed by atoms with Gasteiger partial charge in [0.25, 0.3) is 5.91 Å². The number of fused-ring (bicyclic) bond motifs is 1. The first-order valence-corrected chi connectivity index (χ1v) is 9.79. The van der Waals surface area contributed by atoms with E-state index in [0.717, 1.165) is 23.1 Å². The van der Waals surface area contributed by atoms with Crippen LogP contribution in [0.2, 0.25) is 5.02 Å². The van der Waals surface area contributed by atoms with E-state index < -0.39 is 5.91 Å². The fourth-order valence-corrected chi connectivity index (χ4v) is 3.01. The third-order valence-electron chi connectivity index (χ3n) is 4.63. The molecule has 0 aliphatic carbocycles. The zero-order chi connectivity index (χ0) is 21.1. The Morgan fingerprint density at radius 1 is 1.03 bits per heavy atom. The quantitative estimate of drug-likeness (QED) is 0.596. The molecule has 0 spiro atoms. The van der Waals surface area contributed by atoms with Crippen LogP contribution in [0.25, 0.3) is 11.0 Å². The summed E-state index contributed by atoms with van der Waals surface area (Å²) < 4.78 is 11.1. The summed E-state index contributed by atoms with van der Waals surface area (Å²) >= 11 is 6.16. The molecule has 1 N–H and O–H groups in total. The molecule has 0 atom stereocenters. The number of aryl methyl sites for hydroxylation is 3. The first-order chi connectivity index (χ1) is 13.8. The average molecular weight is 414 g/mol. The second-order valence-corrected chi connectivity index (χ2v) is 7.31. The third kappa shape index (κ3) is 4.43. The zero-order valence-corrected chi connectivity index (χ0v) is 18.0. The minimum absolute atomic E-state index is 0.129. The SMILES string of the molecule is CCCOc1nc2cc(C)c(C)cc2nc1C(=O)Nc1cc(C)c(Cl)cc1OC. The molecule has 1 amide bonds. The van der Waals surface area contributed by atoms with Crippen molar-refractivity contribution in [2.45, 2.75) is 34.1 Å². The van der Waals surface area contributed by atoms with Crippen LogP contribution in [-0.4, -0.2) is 29.6 Å². The van der Waals surface area contributed by atoms with Crippen molar-refractivity contribution in [2.75, 3.05) is 19.0 Å². The number of methoxy groups -OCH3 is 1. The summed E-state index contributed by atoms with van der Waals surface area (Å²) in [7, 11) is 1.52. The van der Waals surface area contributed by atoms with E-state index in [0.29, 0.717) is 34.1 Å². The number of halogens is 1. The van der Waals surface area contributed by atoms with Gasteiger partial charge in [-0.15, -0.1) is 0 Å².